The Bertz CT molecular complexity index is 668. The maximum Gasteiger partial charge on any atom is 0.251 e. The maximum absolute atomic E-state index is 12.4. The van der Waals surface area contributed by atoms with Gasteiger partial charge in [-0.05, 0) is 61.7 Å². The van der Waals surface area contributed by atoms with E-state index in [0.717, 1.165) is 19.3 Å². The number of aromatic nitrogens is 1. The maximum atomic E-state index is 12.4. The van der Waals surface area contributed by atoms with Crippen LogP contribution in [0.4, 0.5) is 0 Å². The molecule has 0 bridgehead atoms. The number of nitrogens with one attached hydrogen (secondary N) is 1. The van der Waals surface area contributed by atoms with Crippen LogP contribution in [0.3, 0.4) is 0 Å². The van der Waals surface area contributed by atoms with Crippen LogP contribution in [0, 0.1) is 5.92 Å². The predicted octanol–water partition coefficient (Wildman–Crippen LogP) is 3.96. The lowest BCUT2D eigenvalue weighted by atomic mass is 9.84. The van der Waals surface area contributed by atoms with Crippen LogP contribution in [0.1, 0.15) is 36.0 Å². The van der Waals surface area contributed by atoms with Gasteiger partial charge in [0.1, 0.15) is 11.5 Å². The van der Waals surface area contributed by atoms with Crippen LogP contribution in [0.5, 0.6) is 11.5 Å². The third-order valence-corrected chi connectivity index (χ3v) is 4.51. The van der Waals surface area contributed by atoms with Gasteiger partial charge in [0.2, 0.25) is 0 Å². The minimum atomic E-state index is -0.0479. The van der Waals surface area contributed by atoms with E-state index in [0.29, 0.717) is 29.5 Å². The average molecular weight is 398 g/mol. The van der Waals surface area contributed by atoms with Gasteiger partial charge in [-0.1, -0.05) is 12.8 Å². The average Bonchev–Trinajstić information content (AvgIpc) is 2.63. The second-order valence-corrected chi connectivity index (χ2v) is 6.18. The zero-order valence-electron chi connectivity index (χ0n) is 14.5. The summed E-state index contributed by atoms with van der Waals surface area (Å²) in [7, 11) is 0. The second-order valence-electron chi connectivity index (χ2n) is 6.18. The first kappa shape index (κ1) is 22.2. The first-order valence-electron chi connectivity index (χ1n) is 8.45. The molecule has 1 aliphatic rings. The lowest BCUT2D eigenvalue weighted by Gasteiger charge is -2.31. The zero-order chi connectivity index (χ0) is 16.8. The van der Waals surface area contributed by atoms with Crippen molar-refractivity contribution >= 4 is 30.7 Å². The van der Waals surface area contributed by atoms with Gasteiger partial charge in [-0.3, -0.25) is 9.78 Å². The van der Waals surface area contributed by atoms with Crippen molar-refractivity contribution in [1.29, 1.82) is 0 Å². The molecule has 3 N–H and O–H groups in total. The number of nitrogens with zero attached hydrogens (tertiary/aromatic N) is 1. The number of ether oxygens (including phenoxy) is 1. The van der Waals surface area contributed by atoms with E-state index >= 15 is 0 Å². The molecule has 1 heterocycles. The molecule has 0 spiro atoms. The number of rotatable bonds is 5. The van der Waals surface area contributed by atoms with Gasteiger partial charge in [0.15, 0.2) is 0 Å². The molecule has 1 amide bonds. The van der Waals surface area contributed by atoms with Crippen LogP contribution in [0.2, 0.25) is 0 Å². The van der Waals surface area contributed by atoms with E-state index in [4.69, 9.17) is 10.5 Å². The van der Waals surface area contributed by atoms with Gasteiger partial charge in [0.05, 0.1) is 6.20 Å². The summed E-state index contributed by atoms with van der Waals surface area (Å²) in [6.45, 7) is 0.628. The largest absolute Gasteiger partial charge is 0.456 e. The molecule has 0 aliphatic heterocycles. The van der Waals surface area contributed by atoms with Gasteiger partial charge in [0, 0.05) is 17.8 Å². The van der Waals surface area contributed by atoms with E-state index in [-0.39, 0.29) is 36.8 Å². The molecule has 26 heavy (non-hydrogen) atoms. The Kier molecular flexibility index (Phi) is 9.41. The summed E-state index contributed by atoms with van der Waals surface area (Å²) in [5.74, 6) is 1.68. The monoisotopic (exact) mass is 397 g/mol. The van der Waals surface area contributed by atoms with Crippen LogP contribution < -0.4 is 15.8 Å². The summed E-state index contributed by atoms with van der Waals surface area (Å²) in [4.78, 5) is 16.4. The SMILES string of the molecule is Cl.Cl.NCC1CCCCC1NC(=O)c1ccc(Oc2cccnc2)cc1. The number of nitrogens with two attached hydrogens (primary N) is 1. The van der Waals surface area contributed by atoms with Crippen molar-refractivity contribution in [2.75, 3.05) is 6.54 Å². The van der Waals surface area contributed by atoms with Gasteiger partial charge in [-0.25, -0.2) is 0 Å². The molecule has 2 unspecified atom stereocenters. The number of hydrogen-bond donors (Lipinski definition) is 2. The molecule has 1 aromatic carbocycles. The molecule has 5 nitrogen and oxygen atoms in total. The topological polar surface area (TPSA) is 77.2 Å². The molecule has 1 saturated carbocycles. The molecule has 3 rings (SSSR count). The Balaban J connectivity index is 0.00000169. The molecule has 142 valence electrons. The third kappa shape index (κ3) is 5.87. The third-order valence-electron chi connectivity index (χ3n) is 4.51. The van der Waals surface area contributed by atoms with Gasteiger partial charge in [-0.15, -0.1) is 24.8 Å². The van der Waals surface area contributed by atoms with Gasteiger partial charge >= 0.3 is 0 Å². The van der Waals surface area contributed by atoms with Crippen LogP contribution in [-0.4, -0.2) is 23.5 Å². The van der Waals surface area contributed by atoms with Gasteiger partial charge in [-0.2, -0.15) is 0 Å². The Hall–Kier alpha value is -1.82. The second kappa shape index (κ2) is 11.0. The number of carbonyl (C=O) groups is 1. The van der Waals surface area contributed by atoms with Crippen molar-refractivity contribution in [3.05, 3.63) is 54.4 Å². The molecular weight excluding hydrogens is 373 g/mol. The molecule has 0 saturated heterocycles. The summed E-state index contributed by atoms with van der Waals surface area (Å²) in [6.07, 6.45) is 7.81. The van der Waals surface area contributed by atoms with Gasteiger partial charge < -0.3 is 15.8 Å². The molecule has 1 aromatic heterocycles. The number of amides is 1. The summed E-state index contributed by atoms with van der Waals surface area (Å²) < 4.78 is 5.69. The summed E-state index contributed by atoms with van der Waals surface area (Å²) >= 11 is 0. The Labute approximate surface area is 166 Å². The van der Waals surface area contributed by atoms with Crippen molar-refractivity contribution < 1.29 is 9.53 Å². The van der Waals surface area contributed by atoms with E-state index in [1.54, 1.807) is 36.7 Å². The molecule has 1 fully saturated rings. The van der Waals surface area contributed by atoms with Crippen molar-refractivity contribution in [1.82, 2.24) is 10.3 Å². The van der Waals surface area contributed by atoms with Gasteiger partial charge in [0.25, 0.3) is 5.91 Å². The molecule has 0 radical (unpaired) electrons. The van der Waals surface area contributed by atoms with Crippen LogP contribution >= 0.6 is 24.8 Å². The summed E-state index contributed by atoms with van der Waals surface area (Å²) in [6, 6.07) is 11.0. The molecule has 2 aromatic rings. The Morgan fingerprint density at radius 1 is 1.12 bits per heavy atom. The number of carbonyl (C=O) groups excluding carboxylic acids is 1. The highest BCUT2D eigenvalue weighted by Gasteiger charge is 2.25. The summed E-state index contributed by atoms with van der Waals surface area (Å²) in [5, 5.41) is 3.14. The highest BCUT2D eigenvalue weighted by Crippen LogP contribution is 2.24. The first-order chi connectivity index (χ1) is 11.8. The first-order valence-corrected chi connectivity index (χ1v) is 8.45. The van der Waals surface area contributed by atoms with Crippen LogP contribution in [-0.2, 0) is 0 Å². The van der Waals surface area contributed by atoms with Crippen molar-refractivity contribution in [3.8, 4) is 11.5 Å². The fraction of sp³-hybridized carbons (Fsp3) is 0.368. The minimum absolute atomic E-state index is 0. The molecule has 7 heteroatoms. The number of pyridine rings is 1. The highest BCUT2D eigenvalue weighted by molar-refractivity contribution is 5.94. The number of hydrogen-bond acceptors (Lipinski definition) is 4. The molecule has 2 atom stereocenters. The molecule has 1 aliphatic carbocycles. The summed E-state index contributed by atoms with van der Waals surface area (Å²) in [5.41, 5.74) is 6.46. The standard InChI is InChI=1S/C19H23N3O2.2ClH/c20-12-15-4-1-2-6-18(15)22-19(23)14-7-9-16(10-8-14)24-17-5-3-11-21-13-17;;/h3,5,7-11,13,15,18H,1-2,4,6,12,20H2,(H,22,23);2*1H. The minimum Gasteiger partial charge on any atom is -0.456 e. The number of benzene rings is 1. The van der Waals surface area contributed by atoms with Crippen molar-refractivity contribution in [2.45, 2.75) is 31.7 Å². The van der Waals surface area contributed by atoms with Crippen LogP contribution in [0.25, 0.3) is 0 Å². The lowest BCUT2D eigenvalue weighted by Crippen LogP contribution is -2.44. The van der Waals surface area contributed by atoms with Crippen LogP contribution in [0.15, 0.2) is 48.8 Å². The fourth-order valence-corrected chi connectivity index (χ4v) is 3.15. The quantitative estimate of drug-likeness (QED) is 0.799. The molecular formula is C19H25Cl2N3O2. The Morgan fingerprint density at radius 2 is 1.85 bits per heavy atom. The van der Waals surface area contributed by atoms with E-state index in [2.05, 4.69) is 10.3 Å². The smallest absolute Gasteiger partial charge is 0.251 e. The van der Waals surface area contributed by atoms with E-state index < -0.39 is 0 Å². The predicted molar refractivity (Wildman–Crippen MR) is 108 cm³/mol. The normalized spacial score (nSPS) is 18.8. The fourth-order valence-electron chi connectivity index (χ4n) is 3.15. The van der Waals surface area contributed by atoms with E-state index in [1.807, 2.05) is 12.1 Å². The lowest BCUT2D eigenvalue weighted by molar-refractivity contribution is 0.0908. The highest BCUT2D eigenvalue weighted by atomic mass is 35.5. The van der Waals surface area contributed by atoms with Crippen molar-refractivity contribution in [3.63, 3.8) is 0 Å². The number of halogens is 2. The van der Waals surface area contributed by atoms with E-state index in [9.17, 15) is 4.79 Å². The van der Waals surface area contributed by atoms with Crippen molar-refractivity contribution in [2.24, 2.45) is 11.7 Å². The zero-order valence-corrected chi connectivity index (χ0v) is 16.1. The Morgan fingerprint density at radius 3 is 2.50 bits per heavy atom. The van der Waals surface area contributed by atoms with E-state index in [1.165, 1.54) is 6.42 Å².